The van der Waals surface area contributed by atoms with Gasteiger partial charge in [0.1, 0.15) is 5.60 Å². The molecule has 0 spiro atoms. The molecule has 7 nitrogen and oxygen atoms in total. The van der Waals surface area contributed by atoms with Gasteiger partial charge < -0.3 is 10.1 Å². The summed E-state index contributed by atoms with van der Waals surface area (Å²) >= 11 is 6.20. The third-order valence-electron chi connectivity index (χ3n) is 5.25. The second-order valence-corrected chi connectivity index (χ2v) is 9.45. The summed E-state index contributed by atoms with van der Waals surface area (Å²) in [6.45, 7) is 5.39. The van der Waals surface area contributed by atoms with Gasteiger partial charge in [0.25, 0.3) is 5.56 Å². The van der Waals surface area contributed by atoms with Crippen molar-refractivity contribution in [3.05, 3.63) is 94.0 Å². The minimum atomic E-state index is -0.660. The number of rotatable bonds is 5. The molecule has 180 valence electrons. The maximum Gasteiger partial charge on any atom is 0.407 e. The van der Waals surface area contributed by atoms with Crippen molar-refractivity contribution >= 4 is 28.6 Å². The Morgan fingerprint density at radius 3 is 2.60 bits per heavy atom. The molecule has 1 N–H and O–H groups in total. The lowest BCUT2D eigenvalue weighted by Gasteiger charge is -2.23. The maximum atomic E-state index is 13.6. The van der Waals surface area contributed by atoms with E-state index in [9.17, 15) is 14.0 Å². The van der Waals surface area contributed by atoms with Crippen molar-refractivity contribution < 1.29 is 13.9 Å². The van der Waals surface area contributed by atoms with E-state index in [1.807, 2.05) is 6.07 Å². The number of ether oxygens (including phenoxy) is 1. The molecule has 35 heavy (non-hydrogen) atoms. The van der Waals surface area contributed by atoms with Gasteiger partial charge in [-0.25, -0.2) is 14.8 Å². The standard InChI is InChI=1S/C26H24ClFN4O3/c1-26(2,3)35-25(34)30-14-22(18-5-4-6-19(27)11-18)32-15-31-21-12-16(7-8-20(21)24(32)33)17-9-10-29-23(28)13-17/h4-13,15,22H,14H2,1-3H3,(H,30,34). The van der Waals surface area contributed by atoms with Crippen LogP contribution in [-0.2, 0) is 4.74 Å². The van der Waals surface area contributed by atoms with Crippen molar-refractivity contribution in [2.75, 3.05) is 6.54 Å². The molecule has 0 saturated carbocycles. The van der Waals surface area contributed by atoms with Crippen LogP contribution in [0.4, 0.5) is 9.18 Å². The number of amides is 1. The van der Waals surface area contributed by atoms with Gasteiger partial charge in [0.05, 0.1) is 23.3 Å². The second kappa shape index (κ2) is 9.84. The number of hydrogen-bond donors (Lipinski definition) is 1. The number of halogens is 2. The summed E-state index contributed by atoms with van der Waals surface area (Å²) < 4.78 is 20.3. The number of pyridine rings is 1. The van der Waals surface area contributed by atoms with Crippen LogP contribution in [-0.4, -0.2) is 32.8 Å². The second-order valence-electron chi connectivity index (χ2n) is 9.01. The van der Waals surface area contributed by atoms with E-state index >= 15 is 0 Å². The van der Waals surface area contributed by atoms with Crippen LogP contribution in [0, 0.1) is 5.95 Å². The van der Waals surface area contributed by atoms with E-state index < -0.39 is 23.7 Å². The van der Waals surface area contributed by atoms with Crippen molar-refractivity contribution in [1.82, 2.24) is 19.9 Å². The molecule has 2 heterocycles. The molecule has 2 aromatic carbocycles. The average Bonchev–Trinajstić information content (AvgIpc) is 2.79. The van der Waals surface area contributed by atoms with Crippen LogP contribution in [0.25, 0.3) is 22.0 Å². The van der Waals surface area contributed by atoms with Gasteiger partial charge in [-0.1, -0.05) is 29.8 Å². The van der Waals surface area contributed by atoms with Crippen LogP contribution in [0.2, 0.25) is 5.02 Å². The zero-order chi connectivity index (χ0) is 25.2. The van der Waals surface area contributed by atoms with Crippen LogP contribution >= 0.6 is 11.6 Å². The van der Waals surface area contributed by atoms with Crippen LogP contribution in [0.1, 0.15) is 32.4 Å². The van der Waals surface area contributed by atoms with Crippen LogP contribution < -0.4 is 10.9 Å². The number of benzene rings is 2. The van der Waals surface area contributed by atoms with E-state index in [4.69, 9.17) is 16.3 Å². The Labute approximate surface area is 206 Å². The highest BCUT2D eigenvalue weighted by atomic mass is 35.5. The number of carbonyl (C=O) groups excluding carboxylic acids is 1. The number of nitrogens with one attached hydrogen (secondary N) is 1. The summed E-state index contributed by atoms with van der Waals surface area (Å²) in [6.07, 6.45) is 2.22. The molecule has 1 atom stereocenters. The first-order valence-electron chi connectivity index (χ1n) is 11.0. The van der Waals surface area contributed by atoms with Crippen molar-refractivity contribution in [3.63, 3.8) is 0 Å². The molecule has 9 heteroatoms. The molecule has 4 aromatic rings. The molecule has 4 rings (SSSR count). The van der Waals surface area contributed by atoms with Crippen molar-refractivity contribution in [3.8, 4) is 11.1 Å². The zero-order valence-corrected chi connectivity index (χ0v) is 20.2. The predicted molar refractivity (Wildman–Crippen MR) is 133 cm³/mol. The summed E-state index contributed by atoms with van der Waals surface area (Å²) in [7, 11) is 0. The first-order chi connectivity index (χ1) is 16.6. The smallest absolute Gasteiger partial charge is 0.407 e. The lowest BCUT2D eigenvalue weighted by molar-refractivity contribution is 0.0522. The molecule has 0 bridgehead atoms. The Hall–Kier alpha value is -3.78. The molecular weight excluding hydrogens is 471 g/mol. The molecule has 1 unspecified atom stereocenters. The minimum Gasteiger partial charge on any atom is -0.444 e. The largest absolute Gasteiger partial charge is 0.444 e. The van der Waals surface area contributed by atoms with E-state index in [1.165, 1.54) is 23.2 Å². The van der Waals surface area contributed by atoms with Gasteiger partial charge >= 0.3 is 6.09 Å². The SMILES string of the molecule is CC(C)(C)OC(=O)NCC(c1cccc(Cl)c1)n1cnc2cc(-c3ccnc(F)c3)ccc2c1=O. The van der Waals surface area contributed by atoms with Gasteiger partial charge in [-0.05, 0) is 67.8 Å². The van der Waals surface area contributed by atoms with E-state index in [-0.39, 0.29) is 12.1 Å². The summed E-state index contributed by atoms with van der Waals surface area (Å²) in [5, 5.41) is 3.62. The van der Waals surface area contributed by atoms with Gasteiger partial charge in [-0.15, -0.1) is 0 Å². The molecule has 0 saturated heterocycles. The quantitative estimate of drug-likeness (QED) is 0.377. The fraction of sp³-hybridized carbons (Fsp3) is 0.231. The average molecular weight is 495 g/mol. The van der Waals surface area contributed by atoms with E-state index in [0.29, 0.717) is 27.1 Å². The molecule has 0 aliphatic rings. The number of alkyl carbamates (subject to hydrolysis) is 1. The zero-order valence-electron chi connectivity index (χ0n) is 19.5. The maximum absolute atomic E-state index is 13.6. The Kier molecular flexibility index (Phi) is 6.84. The first kappa shape index (κ1) is 24.3. The summed E-state index contributed by atoms with van der Waals surface area (Å²) in [4.78, 5) is 33.8. The highest BCUT2D eigenvalue weighted by molar-refractivity contribution is 6.30. The minimum absolute atomic E-state index is 0.0801. The topological polar surface area (TPSA) is 86.1 Å². The van der Waals surface area contributed by atoms with E-state index in [1.54, 1.807) is 63.2 Å². The predicted octanol–water partition coefficient (Wildman–Crippen LogP) is 5.37. The fourth-order valence-corrected chi connectivity index (χ4v) is 3.90. The number of hydrogen-bond acceptors (Lipinski definition) is 5. The number of carbonyl (C=O) groups is 1. The molecule has 2 aromatic heterocycles. The van der Waals surface area contributed by atoms with Crippen LogP contribution in [0.3, 0.4) is 0 Å². The molecular formula is C26H24ClFN4O3. The van der Waals surface area contributed by atoms with E-state index in [0.717, 1.165) is 5.56 Å². The molecule has 1 amide bonds. The summed E-state index contributed by atoms with van der Waals surface area (Å²) in [5.41, 5.74) is 1.57. The summed E-state index contributed by atoms with van der Waals surface area (Å²) in [6, 6.07) is 14.6. The van der Waals surface area contributed by atoms with Crippen LogP contribution in [0.15, 0.2) is 71.9 Å². The number of aromatic nitrogens is 3. The number of fused-ring (bicyclic) bond motifs is 1. The third kappa shape index (κ3) is 5.84. The normalized spacial score (nSPS) is 12.4. The van der Waals surface area contributed by atoms with Crippen molar-refractivity contribution in [2.45, 2.75) is 32.4 Å². The summed E-state index contributed by atoms with van der Waals surface area (Å²) in [5.74, 6) is -0.590. The van der Waals surface area contributed by atoms with Crippen molar-refractivity contribution in [2.24, 2.45) is 0 Å². The van der Waals surface area contributed by atoms with Gasteiger partial charge in [-0.2, -0.15) is 4.39 Å². The third-order valence-corrected chi connectivity index (χ3v) is 5.49. The lowest BCUT2D eigenvalue weighted by atomic mass is 10.0. The molecule has 0 aliphatic heterocycles. The van der Waals surface area contributed by atoms with Gasteiger partial charge in [-0.3, -0.25) is 9.36 Å². The van der Waals surface area contributed by atoms with Gasteiger partial charge in [0, 0.05) is 23.8 Å². The highest BCUT2D eigenvalue weighted by Gasteiger charge is 2.21. The van der Waals surface area contributed by atoms with Gasteiger partial charge in [0.15, 0.2) is 0 Å². The number of nitrogens with zero attached hydrogens (tertiary/aromatic N) is 3. The van der Waals surface area contributed by atoms with Gasteiger partial charge in [0.2, 0.25) is 5.95 Å². The van der Waals surface area contributed by atoms with Crippen molar-refractivity contribution in [1.29, 1.82) is 0 Å². The monoisotopic (exact) mass is 494 g/mol. The fourth-order valence-electron chi connectivity index (χ4n) is 3.70. The molecule has 0 aliphatic carbocycles. The highest BCUT2D eigenvalue weighted by Crippen LogP contribution is 2.24. The first-order valence-corrected chi connectivity index (χ1v) is 11.3. The Morgan fingerprint density at radius 1 is 1.11 bits per heavy atom. The molecule has 0 fully saturated rings. The Morgan fingerprint density at radius 2 is 1.89 bits per heavy atom. The Bertz CT molecular complexity index is 1450. The van der Waals surface area contributed by atoms with Crippen LogP contribution in [0.5, 0.6) is 0 Å². The molecule has 0 radical (unpaired) electrons. The van der Waals surface area contributed by atoms with E-state index in [2.05, 4.69) is 15.3 Å². The lowest BCUT2D eigenvalue weighted by Crippen LogP contribution is -2.38. The Balaban J connectivity index is 1.72.